The molecule has 6 nitrogen and oxygen atoms in total. The Labute approximate surface area is 163 Å². The molecule has 0 amide bonds. The minimum atomic E-state index is 0.429. The van der Waals surface area contributed by atoms with Gasteiger partial charge in [-0.25, -0.2) is 9.50 Å². The summed E-state index contributed by atoms with van der Waals surface area (Å²) >= 11 is 1.90. The molecule has 0 aromatic carbocycles. The summed E-state index contributed by atoms with van der Waals surface area (Å²) in [4.78, 5) is 12.5. The zero-order chi connectivity index (χ0) is 18.2. The molecule has 5 rings (SSSR count). The summed E-state index contributed by atoms with van der Waals surface area (Å²) in [6, 6.07) is 8.70. The van der Waals surface area contributed by atoms with E-state index in [1.165, 1.54) is 15.4 Å². The van der Waals surface area contributed by atoms with Crippen LogP contribution in [0.3, 0.4) is 0 Å². The molecule has 2 aliphatic rings. The van der Waals surface area contributed by atoms with Gasteiger partial charge < -0.3 is 9.64 Å². The highest BCUT2D eigenvalue weighted by atomic mass is 32.1. The van der Waals surface area contributed by atoms with E-state index < -0.39 is 0 Å². The molecule has 0 spiro atoms. The van der Waals surface area contributed by atoms with Crippen LogP contribution in [-0.2, 0) is 11.3 Å². The topological polar surface area (TPSA) is 45.9 Å². The van der Waals surface area contributed by atoms with Crippen molar-refractivity contribution in [3.8, 4) is 0 Å². The lowest BCUT2D eigenvalue weighted by Gasteiger charge is -2.28. The molecule has 2 fully saturated rings. The number of rotatable bonds is 4. The highest BCUT2D eigenvalue weighted by Gasteiger charge is 2.27. The van der Waals surface area contributed by atoms with Crippen molar-refractivity contribution in [1.82, 2.24) is 19.5 Å². The summed E-state index contributed by atoms with van der Waals surface area (Å²) in [6.45, 7) is 8.85. The fraction of sp³-hybridized carbons (Fsp3) is 0.500. The summed E-state index contributed by atoms with van der Waals surface area (Å²) in [5.41, 5.74) is 2.14. The standard InChI is InChI=1S/C20H25N5OS/c1-15-2-4-18(27-15)14-23-7-6-16(12-23)20-21-19-5-3-17(13-25(19)22-20)24-8-10-26-11-9-24/h2-5,13,16H,6-12,14H2,1H3. The van der Waals surface area contributed by atoms with Gasteiger partial charge in [-0.15, -0.1) is 11.3 Å². The molecular weight excluding hydrogens is 358 g/mol. The van der Waals surface area contributed by atoms with E-state index in [1.807, 2.05) is 15.9 Å². The van der Waals surface area contributed by atoms with Crippen LogP contribution in [0.25, 0.3) is 5.65 Å². The number of aromatic nitrogens is 3. The van der Waals surface area contributed by atoms with Gasteiger partial charge in [0.2, 0.25) is 0 Å². The van der Waals surface area contributed by atoms with E-state index in [1.54, 1.807) is 0 Å². The van der Waals surface area contributed by atoms with Crippen molar-refractivity contribution in [3.05, 3.63) is 46.0 Å². The van der Waals surface area contributed by atoms with Crippen LogP contribution >= 0.6 is 11.3 Å². The number of hydrogen-bond acceptors (Lipinski definition) is 6. The van der Waals surface area contributed by atoms with Gasteiger partial charge in [0.25, 0.3) is 0 Å². The third kappa shape index (κ3) is 3.59. The second-order valence-corrected chi connectivity index (χ2v) is 8.87. The molecule has 3 aromatic rings. The minimum absolute atomic E-state index is 0.429. The predicted octanol–water partition coefficient (Wildman–Crippen LogP) is 2.93. The van der Waals surface area contributed by atoms with Gasteiger partial charge in [-0.3, -0.25) is 4.90 Å². The van der Waals surface area contributed by atoms with Gasteiger partial charge in [0, 0.05) is 41.9 Å². The Morgan fingerprint density at radius 2 is 2.04 bits per heavy atom. The Kier molecular flexibility index (Phi) is 4.59. The van der Waals surface area contributed by atoms with E-state index in [0.717, 1.165) is 63.8 Å². The molecule has 5 heterocycles. The zero-order valence-electron chi connectivity index (χ0n) is 15.7. The summed E-state index contributed by atoms with van der Waals surface area (Å²) in [7, 11) is 0. The number of anilines is 1. The first-order valence-electron chi connectivity index (χ1n) is 9.71. The van der Waals surface area contributed by atoms with Crippen LogP contribution in [0, 0.1) is 6.92 Å². The van der Waals surface area contributed by atoms with Crippen molar-refractivity contribution in [2.75, 3.05) is 44.3 Å². The molecular formula is C20H25N5OS. The van der Waals surface area contributed by atoms with E-state index in [-0.39, 0.29) is 0 Å². The molecule has 1 atom stereocenters. The Bertz CT molecular complexity index is 929. The first kappa shape index (κ1) is 17.2. The number of nitrogens with zero attached hydrogens (tertiary/aromatic N) is 5. The Morgan fingerprint density at radius 3 is 2.85 bits per heavy atom. The van der Waals surface area contributed by atoms with Gasteiger partial charge in [0.15, 0.2) is 11.5 Å². The summed E-state index contributed by atoms with van der Waals surface area (Å²) in [6.07, 6.45) is 3.25. The van der Waals surface area contributed by atoms with Crippen LogP contribution in [0.5, 0.6) is 0 Å². The molecule has 1 unspecified atom stereocenters. The van der Waals surface area contributed by atoms with Crippen LogP contribution in [0.4, 0.5) is 5.69 Å². The van der Waals surface area contributed by atoms with Gasteiger partial charge in [-0.2, -0.15) is 5.10 Å². The van der Waals surface area contributed by atoms with Crippen LogP contribution < -0.4 is 4.90 Å². The highest BCUT2D eigenvalue weighted by molar-refractivity contribution is 7.11. The average molecular weight is 384 g/mol. The number of pyridine rings is 1. The van der Waals surface area contributed by atoms with Crippen LogP contribution in [0.1, 0.15) is 27.9 Å². The van der Waals surface area contributed by atoms with Crippen LogP contribution in [0.15, 0.2) is 30.5 Å². The fourth-order valence-corrected chi connectivity index (χ4v) is 4.98. The molecule has 27 heavy (non-hydrogen) atoms. The Morgan fingerprint density at radius 1 is 1.15 bits per heavy atom. The lowest BCUT2D eigenvalue weighted by atomic mass is 10.1. The maximum atomic E-state index is 5.45. The molecule has 7 heteroatoms. The van der Waals surface area contributed by atoms with Crippen molar-refractivity contribution in [2.24, 2.45) is 0 Å². The molecule has 2 saturated heterocycles. The third-order valence-electron chi connectivity index (χ3n) is 5.52. The van der Waals surface area contributed by atoms with E-state index in [9.17, 15) is 0 Å². The Balaban J connectivity index is 1.30. The van der Waals surface area contributed by atoms with Crippen LogP contribution in [-0.4, -0.2) is 58.9 Å². The van der Waals surface area contributed by atoms with Gasteiger partial charge in [-0.05, 0) is 44.2 Å². The maximum absolute atomic E-state index is 5.45. The molecule has 0 N–H and O–H groups in total. The van der Waals surface area contributed by atoms with E-state index >= 15 is 0 Å². The summed E-state index contributed by atoms with van der Waals surface area (Å²) in [5, 5.41) is 4.82. The van der Waals surface area contributed by atoms with Gasteiger partial charge in [-0.1, -0.05) is 0 Å². The molecule has 0 aliphatic carbocycles. The molecule has 142 valence electrons. The van der Waals surface area contributed by atoms with Gasteiger partial charge in [0.05, 0.1) is 25.1 Å². The molecule has 0 radical (unpaired) electrons. The van der Waals surface area contributed by atoms with Crippen molar-refractivity contribution in [1.29, 1.82) is 0 Å². The maximum Gasteiger partial charge on any atom is 0.156 e. The van der Waals surface area contributed by atoms with Crippen molar-refractivity contribution < 1.29 is 4.74 Å². The lowest BCUT2D eigenvalue weighted by Crippen LogP contribution is -2.36. The normalized spacial score (nSPS) is 21.4. The van der Waals surface area contributed by atoms with Crippen molar-refractivity contribution in [3.63, 3.8) is 0 Å². The van der Waals surface area contributed by atoms with Crippen molar-refractivity contribution >= 4 is 22.7 Å². The SMILES string of the molecule is Cc1ccc(CN2CCC(c3nc4ccc(N5CCOCC5)cn4n3)C2)s1. The molecule has 2 aliphatic heterocycles. The average Bonchev–Trinajstić information content (AvgIpc) is 3.41. The number of thiophene rings is 1. The summed E-state index contributed by atoms with van der Waals surface area (Å²) in [5.74, 6) is 1.41. The Hall–Kier alpha value is -1.96. The first-order valence-corrected chi connectivity index (χ1v) is 10.5. The monoisotopic (exact) mass is 383 g/mol. The lowest BCUT2D eigenvalue weighted by molar-refractivity contribution is 0.122. The largest absolute Gasteiger partial charge is 0.378 e. The smallest absolute Gasteiger partial charge is 0.156 e. The number of ether oxygens (including phenoxy) is 1. The number of fused-ring (bicyclic) bond motifs is 1. The number of aryl methyl sites for hydroxylation is 1. The highest BCUT2D eigenvalue weighted by Crippen LogP contribution is 2.28. The number of hydrogen-bond donors (Lipinski definition) is 0. The van der Waals surface area contributed by atoms with Crippen LogP contribution in [0.2, 0.25) is 0 Å². The first-order chi connectivity index (χ1) is 13.2. The second kappa shape index (κ2) is 7.22. The number of likely N-dealkylation sites (tertiary alicyclic amines) is 1. The zero-order valence-corrected chi connectivity index (χ0v) is 16.5. The van der Waals surface area contributed by atoms with E-state index in [0.29, 0.717) is 5.92 Å². The molecule has 0 bridgehead atoms. The van der Waals surface area contributed by atoms with E-state index in [2.05, 4.69) is 47.2 Å². The van der Waals surface area contributed by atoms with E-state index in [4.69, 9.17) is 14.8 Å². The third-order valence-corrected chi connectivity index (χ3v) is 6.51. The summed E-state index contributed by atoms with van der Waals surface area (Å²) < 4.78 is 7.40. The molecule has 3 aromatic heterocycles. The minimum Gasteiger partial charge on any atom is -0.378 e. The number of morpholine rings is 1. The quantitative estimate of drug-likeness (QED) is 0.693. The molecule has 0 saturated carbocycles. The van der Waals surface area contributed by atoms with Crippen molar-refractivity contribution in [2.45, 2.75) is 25.8 Å². The predicted molar refractivity (Wildman–Crippen MR) is 108 cm³/mol. The fourth-order valence-electron chi connectivity index (χ4n) is 4.05. The van der Waals surface area contributed by atoms with Gasteiger partial charge in [0.1, 0.15) is 0 Å². The van der Waals surface area contributed by atoms with Gasteiger partial charge >= 0.3 is 0 Å². The second-order valence-electron chi connectivity index (χ2n) is 7.49.